The van der Waals surface area contributed by atoms with Crippen LogP contribution in [0.1, 0.15) is 71.1 Å². The van der Waals surface area contributed by atoms with Crippen molar-refractivity contribution in [1.29, 1.82) is 0 Å². The molecule has 0 spiro atoms. The van der Waals surface area contributed by atoms with Gasteiger partial charge in [-0.25, -0.2) is 0 Å². The molecule has 0 bridgehead atoms. The van der Waals surface area contributed by atoms with E-state index < -0.39 is 0 Å². The van der Waals surface area contributed by atoms with Crippen LogP contribution in [0.4, 0.5) is 0 Å². The third-order valence-corrected chi connectivity index (χ3v) is 3.44. The van der Waals surface area contributed by atoms with Gasteiger partial charge in [0.05, 0.1) is 0 Å². The normalized spacial score (nSPS) is 10.1. The number of hydrogen-bond acceptors (Lipinski definition) is 1. The molecule has 0 heterocycles. The van der Waals surface area contributed by atoms with E-state index in [-0.39, 0.29) is 0 Å². The molecule has 106 valence electrons. The van der Waals surface area contributed by atoms with E-state index in [1.54, 1.807) is 0 Å². The molecule has 0 aromatic rings. The lowest BCUT2D eigenvalue weighted by atomic mass is 10.1. The Morgan fingerprint density at radius 3 is 2.28 bits per heavy atom. The highest BCUT2D eigenvalue weighted by atomic mass is 79.9. The van der Waals surface area contributed by atoms with E-state index in [0.717, 1.165) is 18.4 Å². The van der Waals surface area contributed by atoms with Gasteiger partial charge in [0.2, 0.25) is 0 Å². The lowest BCUT2D eigenvalue weighted by Crippen LogP contribution is -1.94. The standard InChI is InChI=1S/C16H29BrO/c1-2-3-4-5-9-12-15-18-16-13-10-7-6-8-11-14-17/h2-8,10-11,13-16H2,1H3. The number of alkyl halides is 1. The number of rotatable bonds is 12. The molecule has 0 atom stereocenters. The number of unbranched alkanes of at least 4 members (excludes halogenated alkanes) is 8. The van der Waals surface area contributed by atoms with Crippen LogP contribution in [0.2, 0.25) is 0 Å². The number of hydrogen-bond donors (Lipinski definition) is 0. The summed E-state index contributed by atoms with van der Waals surface area (Å²) in [7, 11) is 0. The van der Waals surface area contributed by atoms with Gasteiger partial charge in [-0.15, -0.1) is 5.92 Å². The van der Waals surface area contributed by atoms with Crippen molar-refractivity contribution >= 4 is 15.9 Å². The van der Waals surface area contributed by atoms with Crippen LogP contribution in [0.25, 0.3) is 0 Å². The van der Waals surface area contributed by atoms with Crippen LogP contribution in [-0.2, 0) is 4.74 Å². The van der Waals surface area contributed by atoms with E-state index in [4.69, 9.17) is 4.74 Å². The predicted molar refractivity (Wildman–Crippen MR) is 84.2 cm³/mol. The minimum atomic E-state index is 0.621. The van der Waals surface area contributed by atoms with Crippen molar-refractivity contribution in [3.05, 3.63) is 0 Å². The monoisotopic (exact) mass is 316 g/mol. The first kappa shape index (κ1) is 18.0. The maximum atomic E-state index is 5.49. The zero-order valence-corrected chi connectivity index (χ0v) is 13.6. The summed E-state index contributed by atoms with van der Waals surface area (Å²) < 4.78 is 5.49. The second-order valence-corrected chi connectivity index (χ2v) is 5.47. The maximum absolute atomic E-state index is 5.49. The minimum absolute atomic E-state index is 0.621. The fraction of sp³-hybridized carbons (Fsp3) is 0.875. The second-order valence-electron chi connectivity index (χ2n) is 4.67. The molecule has 18 heavy (non-hydrogen) atoms. The molecule has 0 aliphatic carbocycles. The number of ether oxygens (including phenoxy) is 1. The van der Waals surface area contributed by atoms with Gasteiger partial charge in [-0.2, -0.15) is 0 Å². The summed E-state index contributed by atoms with van der Waals surface area (Å²) in [5.41, 5.74) is 0. The molecule has 1 nitrogen and oxygen atoms in total. The Bertz CT molecular complexity index is 205. The van der Waals surface area contributed by atoms with E-state index >= 15 is 0 Å². The molecule has 0 saturated heterocycles. The van der Waals surface area contributed by atoms with E-state index in [2.05, 4.69) is 34.7 Å². The van der Waals surface area contributed by atoms with Gasteiger partial charge in [-0.3, -0.25) is 0 Å². The van der Waals surface area contributed by atoms with Crippen LogP contribution >= 0.6 is 15.9 Å². The van der Waals surface area contributed by atoms with E-state index in [1.807, 2.05) is 0 Å². The first-order valence-corrected chi connectivity index (χ1v) is 8.63. The molecule has 0 N–H and O–H groups in total. The van der Waals surface area contributed by atoms with E-state index in [9.17, 15) is 0 Å². The smallest absolute Gasteiger partial charge is 0.107 e. The Balaban J connectivity index is 3.02. The lowest BCUT2D eigenvalue weighted by Gasteiger charge is -2.01. The van der Waals surface area contributed by atoms with Crippen LogP contribution in [0, 0.1) is 11.8 Å². The third kappa shape index (κ3) is 16.0. The molecule has 0 amide bonds. The average molecular weight is 317 g/mol. The third-order valence-electron chi connectivity index (χ3n) is 2.88. The molecule has 0 aliphatic rings. The van der Waals surface area contributed by atoms with Crippen LogP contribution < -0.4 is 0 Å². The van der Waals surface area contributed by atoms with Crippen molar-refractivity contribution in [3.63, 3.8) is 0 Å². The SMILES string of the molecule is CCCCCC#CCOCCCCCCCCBr. The zero-order chi connectivity index (χ0) is 13.3. The summed E-state index contributed by atoms with van der Waals surface area (Å²) in [6.07, 6.45) is 12.7. The summed E-state index contributed by atoms with van der Waals surface area (Å²) >= 11 is 3.45. The van der Waals surface area contributed by atoms with Gasteiger partial charge in [-0.1, -0.05) is 67.3 Å². The predicted octanol–water partition coefficient (Wildman–Crippen LogP) is 5.32. The molecular weight excluding hydrogens is 288 g/mol. The Morgan fingerprint density at radius 1 is 0.833 bits per heavy atom. The first-order chi connectivity index (χ1) is 8.91. The van der Waals surface area contributed by atoms with E-state index in [1.165, 1.54) is 57.8 Å². The highest BCUT2D eigenvalue weighted by Gasteiger charge is 1.91. The molecule has 0 aromatic heterocycles. The summed E-state index contributed by atoms with van der Waals surface area (Å²) in [4.78, 5) is 0. The highest BCUT2D eigenvalue weighted by Crippen LogP contribution is 2.06. The molecule has 0 saturated carbocycles. The molecule has 0 radical (unpaired) electrons. The van der Waals surface area contributed by atoms with Gasteiger partial charge >= 0.3 is 0 Å². The van der Waals surface area contributed by atoms with Crippen LogP contribution in [0.3, 0.4) is 0 Å². The maximum Gasteiger partial charge on any atom is 0.107 e. The van der Waals surface area contributed by atoms with Gasteiger partial charge < -0.3 is 4.74 Å². The first-order valence-electron chi connectivity index (χ1n) is 7.51. The van der Waals surface area contributed by atoms with Gasteiger partial charge in [0, 0.05) is 18.4 Å². The van der Waals surface area contributed by atoms with Gasteiger partial charge in [0.25, 0.3) is 0 Å². The lowest BCUT2D eigenvalue weighted by molar-refractivity contribution is 0.161. The molecule has 0 unspecified atom stereocenters. The Hall–Kier alpha value is 0. The van der Waals surface area contributed by atoms with Crippen LogP contribution in [0.15, 0.2) is 0 Å². The van der Waals surface area contributed by atoms with Crippen molar-refractivity contribution in [1.82, 2.24) is 0 Å². The van der Waals surface area contributed by atoms with Crippen molar-refractivity contribution in [3.8, 4) is 11.8 Å². The summed E-state index contributed by atoms with van der Waals surface area (Å²) in [6.45, 7) is 3.72. The molecule has 0 fully saturated rings. The van der Waals surface area contributed by atoms with Gasteiger partial charge in [0.15, 0.2) is 0 Å². The van der Waals surface area contributed by atoms with Crippen molar-refractivity contribution in [2.45, 2.75) is 71.1 Å². The Labute approximate surface area is 122 Å². The van der Waals surface area contributed by atoms with Crippen molar-refractivity contribution in [2.75, 3.05) is 18.5 Å². The summed E-state index contributed by atoms with van der Waals surface area (Å²) in [6, 6.07) is 0. The minimum Gasteiger partial charge on any atom is -0.369 e. The zero-order valence-electron chi connectivity index (χ0n) is 12.0. The second kappa shape index (κ2) is 17.0. The van der Waals surface area contributed by atoms with Crippen molar-refractivity contribution < 1.29 is 4.74 Å². The fourth-order valence-corrected chi connectivity index (χ4v) is 2.13. The van der Waals surface area contributed by atoms with Crippen LogP contribution in [-0.4, -0.2) is 18.5 Å². The quantitative estimate of drug-likeness (QED) is 0.269. The molecule has 0 aromatic carbocycles. The van der Waals surface area contributed by atoms with E-state index in [0.29, 0.717) is 6.61 Å². The average Bonchev–Trinajstić information content (AvgIpc) is 2.39. The Kier molecular flexibility index (Phi) is 17.0. The Morgan fingerprint density at radius 2 is 1.56 bits per heavy atom. The molecular formula is C16H29BrO. The topological polar surface area (TPSA) is 9.23 Å². The molecule has 0 rings (SSSR count). The van der Waals surface area contributed by atoms with Gasteiger partial charge in [0.1, 0.15) is 6.61 Å². The van der Waals surface area contributed by atoms with Crippen molar-refractivity contribution in [2.24, 2.45) is 0 Å². The molecule has 2 heteroatoms. The summed E-state index contributed by atoms with van der Waals surface area (Å²) in [5, 5.41) is 1.15. The summed E-state index contributed by atoms with van der Waals surface area (Å²) in [5.74, 6) is 6.25. The molecule has 0 aliphatic heterocycles. The van der Waals surface area contributed by atoms with Crippen LogP contribution in [0.5, 0.6) is 0 Å². The number of halogens is 1. The largest absolute Gasteiger partial charge is 0.369 e. The fourth-order valence-electron chi connectivity index (χ4n) is 1.73. The van der Waals surface area contributed by atoms with Gasteiger partial charge in [-0.05, 0) is 19.3 Å². The highest BCUT2D eigenvalue weighted by molar-refractivity contribution is 9.09.